The molecule has 3 rings (SSSR count). The molecule has 1 heterocycles. The van der Waals surface area contributed by atoms with E-state index in [1.165, 1.54) is 12.8 Å². The summed E-state index contributed by atoms with van der Waals surface area (Å²) in [7, 11) is 0. The van der Waals surface area contributed by atoms with Gasteiger partial charge in [0.25, 0.3) is 0 Å². The van der Waals surface area contributed by atoms with Gasteiger partial charge >= 0.3 is 0 Å². The van der Waals surface area contributed by atoms with Gasteiger partial charge in [-0.05, 0) is 25.0 Å². The van der Waals surface area contributed by atoms with E-state index in [2.05, 4.69) is 16.4 Å². The van der Waals surface area contributed by atoms with Crippen LogP contribution < -0.4 is 5.32 Å². The van der Waals surface area contributed by atoms with Crippen LogP contribution in [0.25, 0.3) is 10.2 Å². The second-order valence-electron chi connectivity index (χ2n) is 6.49. The summed E-state index contributed by atoms with van der Waals surface area (Å²) in [5.41, 5.74) is 0.294. The fourth-order valence-electron chi connectivity index (χ4n) is 3.16. The Hall–Kier alpha value is -1.46. The molecule has 0 spiro atoms. The molecular weight excluding hydrogens is 308 g/mol. The van der Waals surface area contributed by atoms with Crippen molar-refractivity contribution in [2.75, 3.05) is 6.54 Å². The maximum absolute atomic E-state index is 12.1. The van der Waals surface area contributed by atoms with E-state index >= 15 is 0 Å². The van der Waals surface area contributed by atoms with Crippen LogP contribution in [0.1, 0.15) is 50.0 Å². The second kappa shape index (κ2) is 7.41. The summed E-state index contributed by atoms with van der Waals surface area (Å²) in [5.74, 6) is 0.00179. The van der Waals surface area contributed by atoms with Crippen LogP contribution in [0, 0.1) is 0 Å². The first-order chi connectivity index (χ1) is 11.1. The molecule has 0 bridgehead atoms. The van der Waals surface area contributed by atoms with Crippen molar-refractivity contribution in [3.8, 4) is 0 Å². The van der Waals surface area contributed by atoms with E-state index in [-0.39, 0.29) is 5.91 Å². The molecule has 1 saturated carbocycles. The minimum absolute atomic E-state index is 0.00179. The predicted octanol–water partition coefficient (Wildman–Crippen LogP) is 3.43. The maximum Gasteiger partial charge on any atom is 0.220 e. The van der Waals surface area contributed by atoms with Gasteiger partial charge in [0.15, 0.2) is 0 Å². The Morgan fingerprint density at radius 3 is 2.70 bits per heavy atom. The number of hydrogen-bond acceptors (Lipinski definition) is 4. The Morgan fingerprint density at radius 2 is 1.96 bits per heavy atom. The molecule has 2 aromatic rings. The number of nitrogens with zero attached hydrogens (tertiary/aromatic N) is 1. The Balaban J connectivity index is 1.47. The number of carbonyl (C=O) groups excluding carboxylic acids is 1. The molecule has 0 saturated heterocycles. The minimum atomic E-state index is -0.706. The normalized spacial score (nSPS) is 17.8. The molecule has 1 aliphatic rings. The smallest absolute Gasteiger partial charge is 0.220 e. The third kappa shape index (κ3) is 4.52. The largest absolute Gasteiger partial charge is 0.388 e. The van der Waals surface area contributed by atoms with Gasteiger partial charge in [-0.1, -0.05) is 37.8 Å². The number of aryl methyl sites for hydroxylation is 1. The van der Waals surface area contributed by atoms with Gasteiger partial charge in [-0.25, -0.2) is 4.98 Å². The van der Waals surface area contributed by atoms with E-state index < -0.39 is 5.60 Å². The number of aromatic nitrogens is 1. The fourth-order valence-corrected chi connectivity index (χ4v) is 4.13. The predicted molar refractivity (Wildman–Crippen MR) is 93.6 cm³/mol. The summed E-state index contributed by atoms with van der Waals surface area (Å²) in [4.78, 5) is 16.6. The van der Waals surface area contributed by atoms with Crippen molar-refractivity contribution in [3.63, 3.8) is 0 Å². The number of benzene rings is 1. The van der Waals surface area contributed by atoms with E-state index in [9.17, 15) is 9.90 Å². The number of nitrogens with one attached hydrogen (secondary N) is 1. The van der Waals surface area contributed by atoms with Gasteiger partial charge in [0.05, 0.1) is 20.8 Å². The van der Waals surface area contributed by atoms with Crippen LogP contribution in [-0.4, -0.2) is 28.1 Å². The molecule has 0 unspecified atom stereocenters. The lowest BCUT2D eigenvalue weighted by molar-refractivity contribution is -0.122. The van der Waals surface area contributed by atoms with Crippen molar-refractivity contribution >= 4 is 27.5 Å². The van der Waals surface area contributed by atoms with Crippen LogP contribution in [0.15, 0.2) is 24.3 Å². The first kappa shape index (κ1) is 16.4. The van der Waals surface area contributed by atoms with Crippen molar-refractivity contribution in [1.82, 2.24) is 10.3 Å². The first-order valence-electron chi connectivity index (χ1n) is 8.48. The first-order valence-corrected chi connectivity index (χ1v) is 9.30. The quantitative estimate of drug-likeness (QED) is 0.825. The maximum atomic E-state index is 12.1. The second-order valence-corrected chi connectivity index (χ2v) is 7.61. The molecule has 5 heteroatoms. The van der Waals surface area contributed by atoms with Crippen LogP contribution in [0.5, 0.6) is 0 Å². The molecule has 1 amide bonds. The highest BCUT2D eigenvalue weighted by Gasteiger charge is 2.28. The minimum Gasteiger partial charge on any atom is -0.388 e. The molecule has 0 atom stereocenters. The summed E-state index contributed by atoms with van der Waals surface area (Å²) in [5, 5.41) is 14.5. The van der Waals surface area contributed by atoms with Crippen molar-refractivity contribution in [3.05, 3.63) is 29.3 Å². The van der Waals surface area contributed by atoms with Crippen LogP contribution in [0.2, 0.25) is 0 Å². The number of para-hydroxylation sites is 1. The molecule has 1 fully saturated rings. The lowest BCUT2D eigenvalue weighted by atomic mass is 9.94. The summed E-state index contributed by atoms with van der Waals surface area (Å²) < 4.78 is 1.16. The summed E-state index contributed by atoms with van der Waals surface area (Å²) in [6, 6.07) is 8.03. The Morgan fingerprint density at radius 1 is 1.22 bits per heavy atom. The molecule has 23 heavy (non-hydrogen) atoms. The van der Waals surface area contributed by atoms with Gasteiger partial charge < -0.3 is 10.4 Å². The third-order valence-electron chi connectivity index (χ3n) is 4.55. The highest BCUT2D eigenvalue weighted by molar-refractivity contribution is 7.18. The van der Waals surface area contributed by atoms with E-state index in [0.717, 1.165) is 40.9 Å². The molecule has 0 aliphatic heterocycles. The van der Waals surface area contributed by atoms with Gasteiger partial charge in [-0.3, -0.25) is 4.79 Å². The fraction of sp³-hybridized carbons (Fsp3) is 0.556. The number of hydrogen-bond donors (Lipinski definition) is 2. The Bertz CT molecular complexity index is 627. The number of thiazole rings is 1. The SMILES string of the molecule is O=C(CCc1nc2ccccc2s1)NCC1(O)CCCCCC1. The van der Waals surface area contributed by atoms with E-state index in [0.29, 0.717) is 19.4 Å². The topological polar surface area (TPSA) is 62.2 Å². The molecule has 4 nitrogen and oxygen atoms in total. The van der Waals surface area contributed by atoms with Crippen molar-refractivity contribution < 1.29 is 9.90 Å². The Labute approximate surface area is 140 Å². The average Bonchev–Trinajstić information content (AvgIpc) is 2.85. The molecule has 1 aromatic carbocycles. The molecular formula is C18H24N2O2S. The number of fused-ring (bicyclic) bond motifs is 1. The molecule has 1 aliphatic carbocycles. The van der Waals surface area contributed by atoms with Crippen LogP contribution in [0.4, 0.5) is 0 Å². The average molecular weight is 332 g/mol. The standard InChI is InChI=1S/C18H24N2O2S/c21-16(19-13-18(22)11-5-1-2-6-12-18)9-10-17-20-14-7-3-4-8-15(14)23-17/h3-4,7-8,22H,1-2,5-6,9-13H2,(H,19,21). The third-order valence-corrected chi connectivity index (χ3v) is 5.65. The molecule has 124 valence electrons. The lowest BCUT2D eigenvalue weighted by Gasteiger charge is -2.26. The molecule has 2 N–H and O–H groups in total. The van der Waals surface area contributed by atoms with Crippen molar-refractivity contribution in [1.29, 1.82) is 0 Å². The van der Waals surface area contributed by atoms with Crippen molar-refractivity contribution in [2.45, 2.75) is 57.0 Å². The van der Waals surface area contributed by atoms with Gasteiger partial charge in [-0.2, -0.15) is 0 Å². The van der Waals surface area contributed by atoms with Crippen LogP contribution in [-0.2, 0) is 11.2 Å². The van der Waals surface area contributed by atoms with Gasteiger partial charge in [0, 0.05) is 19.4 Å². The van der Waals surface area contributed by atoms with Gasteiger partial charge in [-0.15, -0.1) is 11.3 Å². The monoisotopic (exact) mass is 332 g/mol. The van der Waals surface area contributed by atoms with E-state index in [1.807, 2.05) is 18.2 Å². The zero-order chi connectivity index (χ0) is 16.1. The van der Waals surface area contributed by atoms with Gasteiger partial charge in [0.1, 0.15) is 0 Å². The number of rotatable bonds is 5. The molecule has 0 radical (unpaired) electrons. The van der Waals surface area contributed by atoms with E-state index in [4.69, 9.17) is 0 Å². The highest BCUT2D eigenvalue weighted by atomic mass is 32.1. The zero-order valence-electron chi connectivity index (χ0n) is 13.4. The number of amides is 1. The zero-order valence-corrected chi connectivity index (χ0v) is 14.2. The summed E-state index contributed by atoms with van der Waals surface area (Å²) in [6.45, 7) is 0.381. The van der Waals surface area contributed by atoms with Gasteiger partial charge in [0.2, 0.25) is 5.91 Å². The van der Waals surface area contributed by atoms with Crippen molar-refractivity contribution in [2.24, 2.45) is 0 Å². The highest BCUT2D eigenvalue weighted by Crippen LogP contribution is 2.26. The van der Waals surface area contributed by atoms with Crippen LogP contribution in [0.3, 0.4) is 0 Å². The Kier molecular flexibility index (Phi) is 5.28. The summed E-state index contributed by atoms with van der Waals surface area (Å²) in [6.07, 6.45) is 7.16. The lowest BCUT2D eigenvalue weighted by Crippen LogP contribution is -2.42. The number of carbonyl (C=O) groups is 1. The van der Waals surface area contributed by atoms with E-state index in [1.54, 1.807) is 11.3 Å². The summed E-state index contributed by atoms with van der Waals surface area (Å²) >= 11 is 1.65. The molecule has 1 aromatic heterocycles. The van der Waals surface area contributed by atoms with Crippen LogP contribution >= 0.6 is 11.3 Å². The number of aliphatic hydroxyl groups is 1.